The predicted molar refractivity (Wildman–Crippen MR) is 102 cm³/mol. The minimum atomic E-state index is 0.425. The number of benzene rings is 2. The Bertz CT molecular complexity index is 773. The molecule has 0 amide bonds. The van der Waals surface area contributed by atoms with Crippen molar-refractivity contribution in [2.24, 2.45) is 0 Å². The molecule has 5 nitrogen and oxygen atoms in total. The predicted octanol–water partition coefficient (Wildman–Crippen LogP) is 2.66. The maximum absolute atomic E-state index is 4.32. The third-order valence-electron chi connectivity index (χ3n) is 5.03. The second kappa shape index (κ2) is 8.25. The van der Waals surface area contributed by atoms with Crippen LogP contribution in [0.1, 0.15) is 11.1 Å². The number of aromatic nitrogens is 3. The van der Waals surface area contributed by atoms with Crippen LogP contribution in [0.2, 0.25) is 0 Å². The second-order valence-corrected chi connectivity index (χ2v) is 6.95. The van der Waals surface area contributed by atoms with Crippen LogP contribution < -0.4 is 0 Å². The standard InChI is InChI=1S/C21H25N5/c1-3-7-19(8-4-1)13-24-11-12-25(14-20-9-5-2-6-10-20)21(15-24)16-26-18-22-17-23-26/h1-10,17-18,21H,11-16H2. The quantitative estimate of drug-likeness (QED) is 0.687. The lowest BCUT2D eigenvalue weighted by molar-refractivity contribution is 0.0531. The summed E-state index contributed by atoms with van der Waals surface area (Å²) in [5, 5.41) is 4.32. The molecule has 0 radical (unpaired) electrons. The van der Waals surface area contributed by atoms with Crippen LogP contribution in [-0.4, -0.2) is 50.2 Å². The van der Waals surface area contributed by atoms with E-state index in [1.54, 1.807) is 6.33 Å². The van der Waals surface area contributed by atoms with Crippen molar-refractivity contribution in [3.8, 4) is 0 Å². The van der Waals surface area contributed by atoms with Gasteiger partial charge in [0, 0.05) is 38.8 Å². The zero-order valence-electron chi connectivity index (χ0n) is 15.0. The van der Waals surface area contributed by atoms with Crippen molar-refractivity contribution < 1.29 is 0 Å². The minimum absolute atomic E-state index is 0.425. The lowest BCUT2D eigenvalue weighted by Crippen LogP contribution is -2.53. The van der Waals surface area contributed by atoms with Gasteiger partial charge in [0.2, 0.25) is 0 Å². The molecule has 2 heterocycles. The van der Waals surface area contributed by atoms with Gasteiger partial charge in [-0.25, -0.2) is 4.98 Å². The molecule has 1 unspecified atom stereocenters. The summed E-state index contributed by atoms with van der Waals surface area (Å²) in [5.41, 5.74) is 2.75. The van der Waals surface area contributed by atoms with Crippen LogP contribution in [0.25, 0.3) is 0 Å². The Labute approximate surface area is 154 Å². The Morgan fingerprint density at radius 2 is 1.54 bits per heavy atom. The summed E-state index contributed by atoms with van der Waals surface area (Å²) in [6.07, 6.45) is 3.43. The van der Waals surface area contributed by atoms with Gasteiger partial charge in [-0.3, -0.25) is 14.5 Å². The zero-order valence-corrected chi connectivity index (χ0v) is 15.0. The molecule has 2 aromatic carbocycles. The van der Waals surface area contributed by atoms with Crippen molar-refractivity contribution in [1.29, 1.82) is 0 Å². The smallest absolute Gasteiger partial charge is 0.137 e. The molecule has 26 heavy (non-hydrogen) atoms. The van der Waals surface area contributed by atoms with E-state index in [-0.39, 0.29) is 0 Å². The zero-order chi connectivity index (χ0) is 17.6. The summed E-state index contributed by atoms with van der Waals surface area (Å²) in [7, 11) is 0. The maximum atomic E-state index is 4.32. The molecule has 0 bridgehead atoms. The third kappa shape index (κ3) is 4.36. The van der Waals surface area contributed by atoms with Crippen LogP contribution in [0.15, 0.2) is 73.3 Å². The van der Waals surface area contributed by atoms with Crippen LogP contribution in [0.3, 0.4) is 0 Å². The minimum Gasteiger partial charge on any atom is -0.296 e. The topological polar surface area (TPSA) is 37.2 Å². The highest BCUT2D eigenvalue weighted by molar-refractivity contribution is 5.16. The van der Waals surface area contributed by atoms with Crippen molar-refractivity contribution in [3.05, 3.63) is 84.4 Å². The maximum Gasteiger partial charge on any atom is 0.137 e. The van der Waals surface area contributed by atoms with E-state index in [2.05, 4.69) is 80.5 Å². The molecule has 134 valence electrons. The van der Waals surface area contributed by atoms with Gasteiger partial charge < -0.3 is 0 Å². The molecule has 1 aliphatic heterocycles. The van der Waals surface area contributed by atoms with Crippen LogP contribution in [0.5, 0.6) is 0 Å². The number of hydrogen-bond donors (Lipinski definition) is 0. The van der Waals surface area contributed by atoms with E-state index in [0.29, 0.717) is 6.04 Å². The van der Waals surface area contributed by atoms with E-state index in [1.807, 2.05) is 11.0 Å². The van der Waals surface area contributed by atoms with Crippen molar-refractivity contribution in [3.63, 3.8) is 0 Å². The highest BCUT2D eigenvalue weighted by atomic mass is 15.4. The molecule has 0 N–H and O–H groups in total. The summed E-state index contributed by atoms with van der Waals surface area (Å²) in [5.74, 6) is 0. The molecule has 4 rings (SSSR count). The molecule has 3 aromatic rings. The number of hydrogen-bond acceptors (Lipinski definition) is 4. The molecule has 5 heteroatoms. The van der Waals surface area contributed by atoms with E-state index in [9.17, 15) is 0 Å². The number of nitrogens with zero attached hydrogens (tertiary/aromatic N) is 5. The highest BCUT2D eigenvalue weighted by Gasteiger charge is 2.27. The van der Waals surface area contributed by atoms with Gasteiger partial charge in [-0.2, -0.15) is 5.10 Å². The van der Waals surface area contributed by atoms with Crippen LogP contribution in [-0.2, 0) is 19.6 Å². The van der Waals surface area contributed by atoms with Gasteiger partial charge in [-0.15, -0.1) is 0 Å². The lowest BCUT2D eigenvalue weighted by Gasteiger charge is -2.41. The first-order valence-electron chi connectivity index (χ1n) is 9.23. The SMILES string of the molecule is c1ccc(CN2CCN(Cc3ccccc3)C(Cn3cncn3)C2)cc1. The summed E-state index contributed by atoms with van der Waals surface area (Å²) in [6.45, 7) is 6.07. The summed E-state index contributed by atoms with van der Waals surface area (Å²) in [6, 6.07) is 21.9. The van der Waals surface area contributed by atoms with E-state index in [4.69, 9.17) is 0 Å². The summed E-state index contributed by atoms with van der Waals surface area (Å²) < 4.78 is 1.95. The first kappa shape index (κ1) is 16.9. The van der Waals surface area contributed by atoms with Gasteiger partial charge in [0.15, 0.2) is 0 Å². The molecule has 0 aliphatic carbocycles. The Morgan fingerprint density at radius 1 is 0.846 bits per heavy atom. The molecule has 1 aliphatic rings. The fourth-order valence-electron chi connectivity index (χ4n) is 3.68. The molecule has 1 aromatic heterocycles. The van der Waals surface area contributed by atoms with Gasteiger partial charge in [0.1, 0.15) is 12.7 Å². The fourth-order valence-corrected chi connectivity index (χ4v) is 3.68. The largest absolute Gasteiger partial charge is 0.296 e. The van der Waals surface area contributed by atoms with Crippen LogP contribution in [0.4, 0.5) is 0 Å². The first-order valence-corrected chi connectivity index (χ1v) is 9.23. The molecular formula is C21H25N5. The molecule has 1 atom stereocenters. The fraction of sp³-hybridized carbons (Fsp3) is 0.333. The number of rotatable bonds is 6. The van der Waals surface area contributed by atoms with E-state index < -0.39 is 0 Å². The average Bonchev–Trinajstić information content (AvgIpc) is 3.19. The van der Waals surface area contributed by atoms with Gasteiger partial charge in [-0.1, -0.05) is 60.7 Å². The van der Waals surface area contributed by atoms with Crippen LogP contribution >= 0.6 is 0 Å². The second-order valence-electron chi connectivity index (χ2n) is 6.95. The highest BCUT2D eigenvalue weighted by Crippen LogP contribution is 2.17. The molecular weight excluding hydrogens is 322 g/mol. The lowest BCUT2D eigenvalue weighted by atomic mass is 10.1. The van der Waals surface area contributed by atoms with Gasteiger partial charge in [-0.05, 0) is 11.1 Å². The molecule has 1 saturated heterocycles. The van der Waals surface area contributed by atoms with Gasteiger partial charge in [0.05, 0.1) is 6.54 Å². The molecule has 1 fully saturated rings. The Morgan fingerprint density at radius 3 is 2.19 bits per heavy atom. The van der Waals surface area contributed by atoms with Crippen LogP contribution in [0, 0.1) is 0 Å². The summed E-state index contributed by atoms with van der Waals surface area (Å²) in [4.78, 5) is 9.24. The Hall–Kier alpha value is -2.50. The Kier molecular flexibility index (Phi) is 5.38. The van der Waals surface area contributed by atoms with E-state index in [1.165, 1.54) is 11.1 Å². The van der Waals surface area contributed by atoms with E-state index in [0.717, 1.165) is 39.3 Å². The third-order valence-corrected chi connectivity index (χ3v) is 5.03. The van der Waals surface area contributed by atoms with Gasteiger partial charge >= 0.3 is 0 Å². The normalized spacial score (nSPS) is 18.8. The van der Waals surface area contributed by atoms with Gasteiger partial charge in [0.25, 0.3) is 0 Å². The van der Waals surface area contributed by atoms with Crippen molar-refractivity contribution in [1.82, 2.24) is 24.6 Å². The molecule has 0 spiro atoms. The monoisotopic (exact) mass is 347 g/mol. The number of piperazine rings is 1. The summed E-state index contributed by atoms with van der Waals surface area (Å²) >= 11 is 0. The van der Waals surface area contributed by atoms with Crippen molar-refractivity contribution in [2.45, 2.75) is 25.7 Å². The van der Waals surface area contributed by atoms with Crippen molar-refractivity contribution >= 4 is 0 Å². The van der Waals surface area contributed by atoms with E-state index >= 15 is 0 Å². The first-order chi connectivity index (χ1) is 12.9. The molecule has 0 saturated carbocycles. The average molecular weight is 347 g/mol. The Balaban J connectivity index is 1.46. The van der Waals surface area contributed by atoms with Crippen molar-refractivity contribution in [2.75, 3.05) is 19.6 Å².